The van der Waals surface area contributed by atoms with Crippen molar-refractivity contribution in [2.24, 2.45) is 5.92 Å². The Morgan fingerprint density at radius 1 is 1.30 bits per heavy atom. The van der Waals surface area contributed by atoms with E-state index in [0.29, 0.717) is 48.3 Å². The van der Waals surface area contributed by atoms with Crippen molar-refractivity contribution < 1.29 is 14.3 Å². The number of halogens is 2. The Kier molecular flexibility index (Phi) is 7.06. The molecule has 1 aromatic carbocycles. The first-order valence-corrected chi connectivity index (χ1v) is 9.27. The minimum Gasteiger partial charge on any atom is -0.466 e. The topological polar surface area (TPSA) is 46.6 Å². The highest BCUT2D eigenvalue weighted by atomic mass is 35.5. The van der Waals surface area contributed by atoms with E-state index in [4.69, 9.17) is 27.9 Å². The molecule has 126 valence electrons. The number of carbonyl (C=O) groups is 2. The number of esters is 1. The second-order valence-electron chi connectivity index (χ2n) is 5.27. The molecule has 1 aliphatic rings. The van der Waals surface area contributed by atoms with Crippen molar-refractivity contribution in [3.63, 3.8) is 0 Å². The summed E-state index contributed by atoms with van der Waals surface area (Å²) in [5, 5.41) is 1.19. The maximum absolute atomic E-state index is 12.3. The van der Waals surface area contributed by atoms with E-state index in [1.807, 2.05) is 0 Å². The number of likely N-dealkylation sites (tertiary alicyclic amines) is 1. The highest BCUT2D eigenvalue weighted by Gasteiger charge is 2.28. The predicted octanol–water partition coefficient (Wildman–Crippen LogP) is 3.89. The number of piperidine rings is 1. The molecule has 0 aromatic heterocycles. The van der Waals surface area contributed by atoms with Gasteiger partial charge < -0.3 is 9.64 Å². The normalized spacial score (nSPS) is 15.5. The van der Waals surface area contributed by atoms with E-state index in [2.05, 4.69) is 0 Å². The van der Waals surface area contributed by atoms with Crippen molar-refractivity contribution in [3.8, 4) is 0 Å². The Morgan fingerprint density at radius 3 is 2.65 bits per heavy atom. The van der Waals surface area contributed by atoms with Crippen LogP contribution in [0.15, 0.2) is 23.1 Å². The summed E-state index contributed by atoms with van der Waals surface area (Å²) in [6.45, 7) is 3.38. The summed E-state index contributed by atoms with van der Waals surface area (Å²) in [5.41, 5.74) is 0. The lowest BCUT2D eigenvalue weighted by Gasteiger charge is -2.30. The number of carbonyl (C=O) groups excluding carboxylic acids is 2. The van der Waals surface area contributed by atoms with Gasteiger partial charge in [0.2, 0.25) is 5.91 Å². The van der Waals surface area contributed by atoms with Gasteiger partial charge in [-0.05, 0) is 38.0 Å². The molecule has 1 heterocycles. The van der Waals surface area contributed by atoms with Crippen LogP contribution in [-0.4, -0.2) is 42.2 Å². The number of rotatable bonds is 5. The summed E-state index contributed by atoms with van der Waals surface area (Å²) in [6.07, 6.45) is 1.32. The lowest BCUT2D eigenvalue weighted by Crippen LogP contribution is -2.41. The first kappa shape index (κ1) is 18.4. The van der Waals surface area contributed by atoms with Gasteiger partial charge in [-0.25, -0.2) is 0 Å². The lowest BCUT2D eigenvalue weighted by atomic mass is 9.97. The number of benzene rings is 1. The van der Waals surface area contributed by atoms with Crippen molar-refractivity contribution in [2.75, 3.05) is 25.4 Å². The van der Waals surface area contributed by atoms with Crippen LogP contribution in [0.2, 0.25) is 10.0 Å². The predicted molar refractivity (Wildman–Crippen MR) is 93.1 cm³/mol. The molecule has 0 saturated carbocycles. The van der Waals surface area contributed by atoms with Gasteiger partial charge in [-0.3, -0.25) is 9.59 Å². The van der Waals surface area contributed by atoms with Gasteiger partial charge >= 0.3 is 5.97 Å². The van der Waals surface area contributed by atoms with Crippen molar-refractivity contribution in [2.45, 2.75) is 24.7 Å². The van der Waals surface area contributed by atoms with Gasteiger partial charge in [0, 0.05) is 23.0 Å². The number of thioether (sulfide) groups is 1. The standard InChI is InChI=1S/C16H19Cl2NO3S/c1-2-22-16(21)11-5-7-19(8-6-11)15(20)10-23-14-9-12(17)3-4-13(14)18/h3-4,9,11H,2,5-8,10H2,1H3. The molecule has 0 radical (unpaired) electrons. The largest absolute Gasteiger partial charge is 0.466 e. The number of nitrogens with zero attached hydrogens (tertiary/aromatic N) is 1. The van der Waals surface area contributed by atoms with Crippen LogP contribution in [0.4, 0.5) is 0 Å². The highest BCUT2D eigenvalue weighted by molar-refractivity contribution is 8.00. The summed E-state index contributed by atoms with van der Waals surface area (Å²) in [6, 6.07) is 5.20. The summed E-state index contributed by atoms with van der Waals surface area (Å²) in [5.74, 6) is 0.117. The van der Waals surface area contributed by atoms with Crippen LogP contribution in [0.25, 0.3) is 0 Å². The smallest absolute Gasteiger partial charge is 0.309 e. The number of ether oxygens (including phenoxy) is 1. The van der Waals surface area contributed by atoms with Crippen LogP contribution >= 0.6 is 35.0 Å². The van der Waals surface area contributed by atoms with Gasteiger partial charge in [0.1, 0.15) is 0 Å². The van der Waals surface area contributed by atoms with E-state index >= 15 is 0 Å². The quantitative estimate of drug-likeness (QED) is 0.578. The molecule has 0 atom stereocenters. The van der Waals surface area contributed by atoms with Crippen LogP contribution in [-0.2, 0) is 14.3 Å². The van der Waals surface area contributed by atoms with Gasteiger partial charge in [0.25, 0.3) is 0 Å². The van der Waals surface area contributed by atoms with Crippen LogP contribution in [0.5, 0.6) is 0 Å². The summed E-state index contributed by atoms with van der Waals surface area (Å²) >= 11 is 13.4. The fourth-order valence-corrected chi connectivity index (χ4v) is 3.84. The van der Waals surface area contributed by atoms with Crippen molar-refractivity contribution in [3.05, 3.63) is 28.2 Å². The first-order valence-electron chi connectivity index (χ1n) is 7.53. The number of amides is 1. The van der Waals surface area contributed by atoms with E-state index < -0.39 is 0 Å². The summed E-state index contributed by atoms with van der Waals surface area (Å²) < 4.78 is 5.03. The molecule has 23 heavy (non-hydrogen) atoms. The van der Waals surface area contributed by atoms with Crippen molar-refractivity contribution in [1.29, 1.82) is 0 Å². The molecule has 7 heteroatoms. The van der Waals surface area contributed by atoms with Crippen LogP contribution in [0.1, 0.15) is 19.8 Å². The zero-order valence-corrected chi connectivity index (χ0v) is 15.2. The van der Waals surface area contributed by atoms with Gasteiger partial charge in [0.15, 0.2) is 0 Å². The molecular weight excluding hydrogens is 357 g/mol. The van der Waals surface area contributed by atoms with Gasteiger partial charge in [-0.1, -0.05) is 23.2 Å². The van der Waals surface area contributed by atoms with Gasteiger partial charge in [0.05, 0.1) is 23.3 Å². The SMILES string of the molecule is CCOC(=O)C1CCN(C(=O)CSc2cc(Cl)ccc2Cl)CC1. The third-order valence-corrected chi connectivity index (χ3v) is 5.43. The van der Waals surface area contributed by atoms with Crippen molar-refractivity contribution >= 4 is 46.8 Å². The van der Waals surface area contributed by atoms with Crippen LogP contribution in [0.3, 0.4) is 0 Å². The molecule has 2 rings (SSSR count). The summed E-state index contributed by atoms with van der Waals surface area (Å²) in [4.78, 5) is 26.6. The summed E-state index contributed by atoms with van der Waals surface area (Å²) in [7, 11) is 0. The highest BCUT2D eigenvalue weighted by Crippen LogP contribution is 2.30. The van der Waals surface area contributed by atoms with Crippen molar-refractivity contribution in [1.82, 2.24) is 4.90 Å². The molecule has 1 amide bonds. The minimum absolute atomic E-state index is 0.0494. The molecule has 0 aliphatic carbocycles. The Bertz CT molecular complexity index is 574. The van der Waals surface area contributed by atoms with Gasteiger partial charge in [-0.15, -0.1) is 11.8 Å². The maximum Gasteiger partial charge on any atom is 0.309 e. The lowest BCUT2D eigenvalue weighted by molar-refractivity contribution is -0.151. The zero-order valence-electron chi connectivity index (χ0n) is 12.9. The first-order chi connectivity index (χ1) is 11.0. The average molecular weight is 376 g/mol. The van der Waals surface area contributed by atoms with Gasteiger partial charge in [-0.2, -0.15) is 0 Å². The van der Waals surface area contributed by atoms with E-state index in [1.165, 1.54) is 11.8 Å². The molecule has 1 aromatic rings. The zero-order chi connectivity index (χ0) is 16.8. The van der Waals surface area contributed by atoms with Crippen LogP contribution < -0.4 is 0 Å². The molecule has 1 saturated heterocycles. The van der Waals surface area contributed by atoms with E-state index in [1.54, 1.807) is 30.0 Å². The second-order valence-corrected chi connectivity index (χ2v) is 7.13. The fourth-order valence-electron chi connectivity index (χ4n) is 2.44. The second kappa shape index (κ2) is 8.81. The molecule has 0 N–H and O–H groups in total. The van der Waals surface area contributed by atoms with E-state index in [0.717, 1.165) is 4.90 Å². The van der Waals surface area contributed by atoms with Crippen LogP contribution in [0, 0.1) is 5.92 Å². The monoisotopic (exact) mass is 375 g/mol. The third kappa shape index (κ3) is 5.30. The minimum atomic E-state index is -0.153. The molecule has 4 nitrogen and oxygen atoms in total. The Labute approximate surface area is 150 Å². The number of hydrogen-bond donors (Lipinski definition) is 0. The number of hydrogen-bond acceptors (Lipinski definition) is 4. The third-order valence-electron chi connectivity index (χ3n) is 3.71. The van der Waals surface area contributed by atoms with E-state index in [-0.39, 0.29) is 17.8 Å². The average Bonchev–Trinajstić information content (AvgIpc) is 2.55. The van der Waals surface area contributed by atoms with E-state index in [9.17, 15) is 9.59 Å². The maximum atomic E-state index is 12.3. The molecule has 0 bridgehead atoms. The Hall–Kier alpha value is -0.910. The molecular formula is C16H19Cl2NO3S. The molecule has 0 spiro atoms. The molecule has 0 unspecified atom stereocenters. The molecule has 1 aliphatic heterocycles. The fraction of sp³-hybridized carbons (Fsp3) is 0.500. The Balaban J connectivity index is 1.81. The Morgan fingerprint density at radius 2 is 2.00 bits per heavy atom. The molecule has 1 fully saturated rings.